The van der Waals surface area contributed by atoms with E-state index >= 15 is 0 Å². The van der Waals surface area contributed by atoms with Crippen molar-refractivity contribution in [2.24, 2.45) is 5.92 Å². The van der Waals surface area contributed by atoms with E-state index in [-0.39, 0.29) is 29.7 Å². The van der Waals surface area contributed by atoms with E-state index in [0.29, 0.717) is 6.54 Å². The van der Waals surface area contributed by atoms with Gasteiger partial charge in [0.15, 0.2) is 0 Å². The van der Waals surface area contributed by atoms with Crippen LogP contribution in [0.3, 0.4) is 0 Å². The average molecular weight is 436 g/mol. The van der Waals surface area contributed by atoms with Gasteiger partial charge in [-0.3, -0.25) is 9.59 Å². The van der Waals surface area contributed by atoms with Crippen molar-refractivity contribution in [3.8, 4) is 0 Å². The van der Waals surface area contributed by atoms with Crippen molar-refractivity contribution in [1.82, 2.24) is 4.90 Å². The van der Waals surface area contributed by atoms with E-state index in [1.165, 1.54) is 0 Å². The summed E-state index contributed by atoms with van der Waals surface area (Å²) in [6, 6.07) is 16.2. The summed E-state index contributed by atoms with van der Waals surface area (Å²) in [5, 5.41) is 3.05. The summed E-state index contributed by atoms with van der Waals surface area (Å²) in [6.07, 6.45) is 3.59. The average Bonchev–Trinajstić information content (AvgIpc) is 3.63. The van der Waals surface area contributed by atoms with Crippen molar-refractivity contribution in [2.45, 2.75) is 65.0 Å². The fourth-order valence-corrected chi connectivity index (χ4v) is 4.11. The molecule has 1 saturated carbocycles. The molecule has 0 aromatic heterocycles. The highest BCUT2D eigenvalue weighted by Gasteiger charge is 2.30. The molecule has 2 aromatic carbocycles. The summed E-state index contributed by atoms with van der Waals surface area (Å²) < 4.78 is 0. The molecule has 0 bridgehead atoms. The second-order valence-corrected chi connectivity index (χ2v) is 9.10. The lowest BCUT2D eigenvalue weighted by atomic mass is 9.94. The molecule has 5 nitrogen and oxygen atoms in total. The maximum absolute atomic E-state index is 13.8. The number of nitrogens with zero attached hydrogens (tertiary/aromatic N) is 2. The lowest BCUT2D eigenvalue weighted by Gasteiger charge is -2.33. The van der Waals surface area contributed by atoms with Crippen molar-refractivity contribution < 1.29 is 9.59 Å². The number of carbonyl (C=O) groups is 2. The molecule has 0 heterocycles. The highest BCUT2D eigenvalue weighted by atomic mass is 16.2. The maximum atomic E-state index is 13.8. The normalized spacial score (nSPS) is 15.0. The second kappa shape index (κ2) is 10.7. The first-order valence-electron chi connectivity index (χ1n) is 11.8. The van der Waals surface area contributed by atoms with Gasteiger partial charge in [0.05, 0.1) is 5.92 Å². The topological polar surface area (TPSA) is 52.7 Å². The predicted octanol–water partition coefficient (Wildman–Crippen LogP) is 5.42. The van der Waals surface area contributed by atoms with Gasteiger partial charge in [-0.2, -0.15) is 0 Å². The first kappa shape index (κ1) is 23.8. The third-order valence-corrected chi connectivity index (χ3v) is 6.43. The quantitative estimate of drug-likeness (QED) is 0.542. The van der Waals surface area contributed by atoms with Crippen LogP contribution in [0.5, 0.6) is 0 Å². The molecule has 0 unspecified atom stereocenters. The number of hydrogen-bond donors (Lipinski definition) is 1. The molecule has 3 rings (SSSR count). The van der Waals surface area contributed by atoms with Gasteiger partial charge in [-0.15, -0.1) is 0 Å². The second-order valence-electron chi connectivity index (χ2n) is 9.10. The van der Waals surface area contributed by atoms with Crippen molar-refractivity contribution in [3.63, 3.8) is 0 Å². The van der Waals surface area contributed by atoms with Gasteiger partial charge in [0.2, 0.25) is 11.8 Å². The van der Waals surface area contributed by atoms with Crippen LogP contribution < -0.4 is 10.2 Å². The number of hydrogen-bond acceptors (Lipinski definition) is 3. The van der Waals surface area contributed by atoms with Crippen LogP contribution in [-0.4, -0.2) is 36.9 Å². The molecular formula is C27H37N3O2. The van der Waals surface area contributed by atoms with Crippen LogP contribution in [0.4, 0.5) is 11.4 Å². The fourth-order valence-electron chi connectivity index (χ4n) is 4.11. The number of rotatable bonds is 10. The summed E-state index contributed by atoms with van der Waals surface area (Å²) in [4.78, 5) is 30.1. The van der Waals surface area contributed by atoms with Crippen LogP contribution in [0.25, 0.3) is 0 Å². The third-order valence-electron chi connectivity index (χ3n) is 6.43. The van der Waals surface area contributed by atoms with Gasteiger partial charge in [0.1, 0.15) is 0 Å². The van der Waals surface area contributed by atoms with Crippen LogP contribution in [0.2, 0.25) is 0 Å². The van der Waals surface area contributed by atoms with Gasteiger partial charge in [0.25, 0.3) is 0 Å². The van der Waals surface area contributed by atoms with E-state index in [2.05, 4.69) is 31.0 Å². The summed E-state index contributed by atoms with van der Waals surface area (Å²) in [5.41, 5.74) is 3.96. The minimum atomic E-state index is -0.161. The molecule has 2 aromatic rings. The maximum Gasteiger partial charge on any atom is 0.230 e. The van der Waals surface area contributed by atoms with Gasteiger partial charge < -0.3 is 15.1 Å². The van der Waals surface area contributed by atoms with E-state index in [1.807, 2.05) is 67.5 Å². The van der Waals surface area contributed by atoms with Crippen LogP contribution in [-0.2, 0) is 16.1 Å². The molecule has 1 fully saturated rings. The molecule has 172 valence electrons. The standard InChI is InChI=1S/C27H37N3O2/c1-6-19(3)30(27(32)24(7-2)20-11-9-8-10-12-20)18-22-17-23(15-16-25(22)29(4)5)28-26(31)21-13-14-21/h8-12,15-17,19,21,24H,6-7,13-14,18H2,1-5H3,(H,28,31)/t19-,24-/m0/s1. The summed E-state index contributed by atoms with van der Waals surface area (Å²) >= 11 is 0. The highest BCUT2D eigenvalue weighted by Crippen LogP contribution is 2.32. The molecule has 0 aliphatic heterocycles. The largest absolute Gasteiger partial charge is 0.377 e. The summed E-state index contributed by atoms with van der Waals surface area (Å²) in [7, 11) is 4.02. The Bertz CT molecular complexity index is 922. The summed E-state index contributed by atoms with van der Waals surface area (Å²) in [6.45, 7) is 6.82. The summed E-state index contributed by atoms with van der Waals surface area (Å²) in [5.74, 6) is 0.246. The first-order valence-corrected chi connectivity index (χ1v) is 11.8. The zero-order chi connectivity index (χ0) is 23.3. The molecule has 0 saturated heterocycles. The Hall–Kier alpha value is -2.82. The minimum Gasteiger partial charge on any atom is -0.377 e. The number of nitrogens with one attached hydrogen (secondary N) is 1. The minimum absolute atomic E-state index is 0.0959. The van der Waals surface area contributed by atoms with Crippen molar-refractivity contribution in [3.05, 3.63) is 59.7 Å². The highest BCUT2D eigenvalue weighted by molar-refractivity contribution is 5.94. The molecule has 32 heavy (non-hydrogen) atoms. The molecule has 1 N–H and O–H groups in total. The molecule has 5 heteroatoms. The van der Waals surface area contributed by atoms with E-state index in [9.17, 15) is 9.59 Å². The van der Waals surface area contributed by atoms with E-state index in [4.69, 9.17) is 0 Å². The number of anilines is 2. The number of benzene rings is 2. The van der Waals surface area contributed by atoms with Crippen LogP contribution >= 0.6 is 0 Å². The smallest absolute Gasteiger partial charge is 0.230 e. The van der Waals surface area contributed by atoms with Crippen LogP contribution in [0.1, 0.15) is 63.5 Å². The molecule has 1 aliphatic rings. The molecular weight excluding hydrogens is 398 g/mol. The van der Waals surface area contributed by atoms with Crippen LogP contribution in [0.15, 0.2) is 48.5 Å². The fraction of sp³-hybridized carbons (Fsp3) is 0.481. The van der Waals surface area contributed by atoms with Crippen molar-refractivity contribution in [2.75, 3.05) is 24.3 Å². The number of carbonyl (C=O) groups excluding carboxylic acids is 2. The zero-order valence-corrected chi connectivity index (χ0v) is 20.1. The van der Waals surface area contributed by atoms with Gasteiger partial charge in [-0.1, -0.05) is 44.2 Å². The lowest BCUT2D eigenvalue weighted by molar-refractivity contribution is -0.135. The Labute approximate surface area is 192 Å². The van der Waals surface area contributed by atoms with Gasteiger partial charge in [-0.25, -0.2) is 0 Å². The van der Waals surface area contributed by atoms with Gasteiger partial charge >= 0.3 is 0 Å². The predicted molar refractivity (Wildman–Crippen MR) is 132 cm³/mol. The zero-order valence-electron chi connectivity index (χ0n) is 20.1. The third kappa shape index (κ3) is 5.70. The van der Waals surface area contributed by atoms with E-state index in [0.717, 1.165) is 48.2 Å². The van der Waals surface area contributed by atoms with Gasteiger partial charge in [-0.05, 0) is 61.9 Å². The SMILES string of the molecule is CC[C@H](C(=O)N(Cc1cc(NC(=O)C2CC2)ccc1N(C)C)[C@@H](C)CC)c1ccccc1. The molecule has 2 atom stereocenters. The van der Waals surface area contributed by atoms with E-state index < -0.39 is 0 Å². The van der Waals surface area contributed by atoms with Crippen LogP contribution in [0, 0.1) is 5.92 Å². The Kier molecular flexibility index (Phi) is 7.94. The van der Waals surface area contributed by atoms with Crippen molar-refractivity contribution >= 4 is 23.2 Å². The Morgan fingerprint density at radius 2 is 1.72 bits per heavy atom. The van der Waals surface area contributed by atoms with E-state index in [1.54, 1.807) is 0 Å². The monoisotopic (exact) mass is 435 g/mol. The Morgan fingerprint density at radius 1 is 1.03 bits per heavy atom. The lowest BCUT2D eigenvalue weighted by Crippen LogP contribution is -2.41. The molecule has 0 spiro atoms. The van der Waals surface area contributed by atoms with Gasteiger partial charge in [0, 0.05) is 44.0 Å². The molecule has 0 radical (unpaired) electrons. The van der Waals surface area contributed by atoms with Crippen molar-refractivity contribution in [1.29, 1.82) is 0 Å². The number of amides is 2. The molecule has 2 amide bonds. The first-order chi connectivity index (χ1) is 15.3. The Balaban J connectivity index is 1.91. The Morgan fingerprint density at radius 3 is 2.28 bits per heavy atom. The molecule has 1 aliphatic carbocycles.